The largest absolute Gasteiger partial charge is 0.208 e. The number of hydrogen-bond donors (Lipinski definition) is 0. The highest BCUT2D eigenvalue weighted by Crippen LogP contribution is 2.56. The molecule has 9 aromatic carbocycles. The Bertz CT molecular complexity index is 3420. The van der Waals surface area contributed by atoms with Crippen LogP contribution >= 0.6 is 11.3 Å². The smallest absolute Gasteiger partial charge is 0.164 e. The second-order valence-electron chi connectivity index (χ2n) is 15.9. The van der Waals surface area contributed by atoms with Gasteiger partial charge in [0.2, 0.25) is 0 Å². The molecule has 0 unspecified atom stereocenters. The van der Waals surface area contributed by atoms with E-state index < -0.39 is 5.41 Å². The lowest BCUT2D eigenvalue weighted by Gasteiger charge is -2.33. The molecule has 2 heterocycles. The molecule has 1 aliphatic carbocycles. The van der Waals surface area contributed by atoms with E-state index in [0.29, 0.717) is 17.5 Å². The van der Waals surface area contributed by atoms with Crippen molar-refractivity contribution in [3.8, 4) is 67.5 Å². The van der Waals surface area contributed by atoms with Crippen LogP contribution in [0.5, 0.6) is 0 Å². The van der Waals surface area contributed by atoms with Crippen molar-refractivity contribution >= 4 is 31.5 Å². The zero-order valence-corrected chi connectivity index (χ0v) is 34.4. The summed E-state index contributed by atoms with van der Waals surface area (Å²) in [5.74, 6) is 1.92. The second-order valence-corrected chi connectivity index (χ2v) is 17.0. The first-order chi connectivity index (χ1) is 30.7. The number of nitrogens with zero attached hydrogens (tertiary/aromatic N) is 3. The van der Waals surface area contributed by atoms with E-state index in [9.17, 15) is 0 Å². The number of rotatable bonds is 7. The fourth-order valence-corrected chi connectivity index (χ4v) is 10.8. The normalized spacial score (nSPS) is 12.6. The molecule has 4 heteroatoms. The summed E-state index contributed by atoms with van der Waals surface area (Å²) in [4.78, 5) is 15.3. The molecule has 0 fully saturated rings. The number of fused-ring (bicyclic) bond motifs is 6. The van der Waals surface area contributed by atoms with Gasteiger partial charge < -0.3 is 0 Å². The van der Waals surface area contributed by atoms with Crippen LogP contribution in [0.15, 0.2) is 224 Å². The third-order valence-electron chi connectivity index (χ3n) is 12.4. The van der Waals surface area contributed by atoms with Crippen molar-refractivity contribution in [2.75, 3.05) is 0 Å². The van der Waals surface area contributed by atoms with Gasteiger partial charge in [0, 0.05) is 36.9 Å². The minimum atomic E-state index is -0.444. The molecule has 11 aromatic rings. The third-order valence-corrected chi connectivity index (χ3v) is 13.5. The summed E-state index contributed by atoms with van der Waals surface area (Å²) in [7, 11) is 0. The Hall–Kier alpha value is -7.79. The third kappa shape index (κ3) is 5.83. The van der Waals surface area contributed by atoms with Crippen molar-refractivity contribution in [3.63, 3.8) is 0 Å². The predicted molar refractivity (Wildman–Crippen MR) is 257 cm³/mol. The highest BCUT2D eigenvalue weighted by atomic mass is 32.1. The highest BCUT2D eigenvalue weighted by Gasteiger charge is 2.46. The molecule has 290 valence electrons. The Morgan fingerprint density at radius 3 is 1.45 bits per heavy atom. The lowest BCUT2D eigenvalue weighted by Crippen LogP contribution is -2.28. The van der Waals surface area contributed by atoms with E-state index in [0.717, 1.165) is 33.4 Å². The van der Waals surface area contributed by atoms with Gasteiger partial charge in [-0.2, -0.15) is 0 Å². The topological polar surface area (TPSA) is 38.7 Å². The van der Waals surface area contributed by atoms with Gasteiger partial charge in [0.05, 0.1) is 5.41 Å². The first-order valence-corrected chi connectivity index (χ1v) is 21.8. The Morgan fingerprint density at radius 1 is 0.306 bits per heavy atom. The van der Waals surface area contributed by atoms with E-state index in [1.165, 1.54) is 59.1 Å². The van der Waals surface area contributed by atoms with E-state index in [1.807, 2.05) is 35.6 Å². The Kier molecular flexibility index (Phi) is 8.58. The summed E-state index contributed by atoms with van der Waals surface area (Å²) in [6.07, 6.45) is 0. The zero-order chi connectivity index (χ0) is 41.0. The maximum absolute atomic E-state index is 5.16. The monoisotopic (exact) mass is 807 g/mol. The maximum Gasteiger partial charge on any atom is 0.164 e. The molecule has 12 rings (SSSR count). The molecule has 0 atom stereocenters. The van der Waals surface area contributed by atoms with Crippen molar-refractivity contribution < 1.29 is 0 Å². The van der Waals surface area contributed by atoms with Crippen LogP contribution in [0.25, 0.3) is 87.7 Å². The summed E-state index contributed by atoms with van der Waals surface area (Å²) < 4.78 is 2.53. The summed E-state index contributed by atoms with van der Waals surface area (Å²) in [6, 6.07) is 80.5. The molecule has 62 heavy (non-hydrogen) atoms. The average molecular weight is 808 g/mol. The lowest BCUT2D eigenvalue weighted by atomic mass is 9.67. The lowest BCUT2D eigenvalue weighted by molar-refractivity contribution is 0.770. The molecular weight excluding hydrogens is 771 g/mol. The Morgan fingerprint density at radius 2 is 0.790 bits per heavy atom. The van der Waals surface area contributed by atoms with E-state index in [1.54, 1.807) is 0 Å². The van der Waals surface area contributed by atoms with Crippen LogP contribution in [0.2, 0.25) is 0 Å². The van der Waals surface area contributed by atoms with Gasteiger partial charge in [0.1, 0.15) is 0 Å². The van der Waals surface area contributed by atoms with Crippen LogP contribution in [0.4, 0.5) is 0 Å². The standard InChI is InChI=1S/C58H37N3S/c1-4-17-38(18-5-1)40-21-14-23-42(35-40)56-59-55(39-19-6-2-7-20-39)60-57(61-56)43-24-15-22-41(36-43)46-29-16-32-52-54(46)49-34-33-45(37-53(49)62-52)58(44-25-8-3-9-26-44)50-30-12-10-27-47(50)48-28-11-13-31-51(48)58/h1-37H. The molecule has 1 aliphatic rings. The summed E-state index contributed by atoms with van der Waals surface area (Å²) >= 11 is 1.87. The number of benzene rings is 9. The van der Waals surface area contributed by atoms with Crippen molar-refractivity contribution in [3.05, 3.63) is 247 Å². The van der Waals surface area contributed by atoms with E-state index >= 15 is 0 Å². The van der Waals surface area contributed by atoms with Gasteiger partial charge in [0.25, 0.3) is 0 Å². The summed E-state index contributed by atoms with van der Waals surface area (Å²) in [5.41, 5.74) is 14.7. The van der Waals surface area contributed by atoms with Gasteiger partial charge in [-0.25, -0.2) is 15.0 Å². The summed E-state index contributed by atoms with van der Waals surface area (Å²) in [6.45, 7) is 0. The van der Waals surface area contributed by atoms with Gasteiger partial charge in [-0.05, 0) is 79.9 Å². The van der Waals surface area contributed by atoms with Crippen molar-refractivity contribution in [1.82, 2.24) is 15.0 Å². The van der Waals surface area contributed by atoms with Gasteiger partial charge in [-0.3, -0.25) is 0 Å². The molecular formula is C58H37N3S. The highest BCUT2D eigenvalue weighted by molar-refractivity contribution is 7.26. The molecule has 3 nitrogen and oxygen atoms in total. The molecule has 0 N–H and O–H groups in total. The number of hydrogen-bond acceptors (Lipinski definition) is 4. The molecule has 0 aliphatic heterocycles. The Balaban J connectivity index is 0.997. The van der Waals surface area contributed by atoms with E-state index in [2.05, 4.69) is 200 Å². The molecule has 0 saturated carbocycles. The van der Waals surface area contributed by atoms with Crippen molar-refractivity contribution in [1.29, 1.82) is 0 Å². The fraction of sp³-hybridized carbons (Fsp3) is 0.0172. The number of aromatic nitrogens is 3. The van der Waals surface area contributed by atoms with Crippen LogP contribution < -0.4 is 0 Å². The summed E-state index contributed by atoms with van der Waals surface area (Å²) in [5, 5.41) is 2.51. The average Bonchev–Trinajstić information content (AvgIpc) is 3.88. The minimum Gasteiger partial charge on any atom is -0.208 e. The molecule has 0 bridgehead atoms. The van der Waals surface area contributed by atoms with Crippen LogP contribution in [0, 0.1) is 0 Å². The van der Waals surface area contributed by atoms with Crippen LogP contribution in [-0.2, 0) is 5.41 Å². The molecule has 2 aromatic heterocycles. The van der Waals surface area contributed by atoms with Gasteiger partial charge >= 0.3 is 0 Å². The second kappa shape index (κ2) is 14.7. The first kappa shape index (κ1) is 36.1. The Labute approximate surface area is 364 Å². The van der Waals surface area contributed by atoms with E-state index in [4.69, 9.17) is 15.0 Å². The fourth-order valence-electron chi connectivity index (χ4n) is 9.66. The molecule has 0 amide bonds. The SMILES string of the molecule is c1ccc(-c2cccc(-c3nc(-c4ccccc4)nc(-c4cccc(-c5cccc6sc7cc(C8(c9ccccc9)c9ccccc9-c9ccccc98)ccc7c56)c4)n3)c2)cc1. The minimum absolute atomic E-state index is 0.444. The molecule has 0 radical (unpaired) electrons. The van der Waals surface area contributed by atoms with Crippen molar-refractivity contribution in [2.45, 2.75) is 5.41 Å². The van der Waals surface area contributed by atoms with Crippen LogP contribution in [0.1, 0.15) is 22.3 Å². The van der Waals surface area contributed by atoms with Crippen LogP contribution in [-0.4, -0.2) is 15.0 Å². The van der Waals surface area contributed by atoms with Gasteiger partial charge in [-0.1, -0.05) is 200 Å². The van der Waals surface area contributed by atoms with Gasteiger partial charge in [-0.15, -0.1) is 11.3 Å². The number of thiophene rings is 1. The maximum atomic E-state index is 5.16. The quantitative estimate of drug-likeness (QED) is 0.161. The van der Waals surface area contributed by atoms with Gasteiger partial charge in [0.15, 0.2) is 17.5 Å². The molecule has 0 saturated heterocycles. The molecule has 0 spiro atoms. The van der Waals surface area contributed by atoms with E-state index in [-0.39, 0.29) is 0 Å². The van der Waals surface area contributed by atoms with Crippen LogP contribution in [0.3, 0.4) is 0 Å². The predicted octanol–water partition coefficient (Wildman–Crippen LogP) is 14.9. The first-order valence-electron chi connectivity index (χ1n) is 21.0. The zero-order valence-electron chi connectivity index (χ0n) is 33.6. The van der Waals surface area contributed by atoms with Crippen molar-refractivity contribution in [2.24, 2.45) is 0 Å².